The number of carbonyl (C=O) groups excluding carboxylic acids is 2. The van der Waals surface area contributed by atoms with Crippen LogP contribution in [0, 0.1) is 0 Å². The molecule has 0 spiro atoms. The molecule has 0 amide bonds. The number of methoxy groups -OCH3 is 3. The second-order valence-electron chi connectivity index (χ2n) is 8.63. The molecule has 1 aliphatic heterocycles. The van der Waals surface area contributed by atoms with Crippen molar-refractivity contribution in [1.29, 1.82) is 0 Å². The SMILES string of the molecule is COc1cc(OC)c(C2C3=C(Oc4ccc5ccccc5c42)C(=O)c2ccccc2C3=O)cc1OC. The minimum Gasteiger partial charge on any atom is -0.496 e. The van der Waals surface area contributed by atoms with Crippen LogP contribution < -0.4 is 18.9 Å². The summed E-state index contributed by atoms with van der Waals surface area (Å²) in [6.45, 7) is 0. The lowest BCUT2D eigenvalue weighted by Gasteiger charge is -2.34. The molecule has 6 nitrogen and oxygen atoms in total. The molecule has 0 aromatic heterocycles. The number of carbonyl (C=O) groups is 2. The van der Waals surface area contributed by atoms with Crippen LogP contribution in [0.15, 0.2) is 84.1 Å². The van der Waals surface area contributed by atoms with Crippen LogP contribution in [0.25, 0.3) is 10.8 Å². The first kappa shape index (κ1) is 21.9. The van der Waals surface area contributed by atoms with Gasteiger partial charge in [-0.25, -0.2) is 0 Å². The zero-order valence-corrected chi connectivity index (χ0v) is 20.0. The Morgan fingerprint density at radius 1 is 0.694 bits per heavy atom. The summed E-state index contributed by atoms with van der Waals surface area (Å²) in [5.41, 5.74) is 2.44. The average molecular weight is 479 g/mol. The molecule has 1 unspecified atom stereocenters. The highest BCUT2D eigenvalue weighted by Crippen LogP contribution is 2.52. The Balaban J connectivity index is 1.72. The van der Waals surface area contributed by atoms with Crippen LogP contribution in [0.2, 0.25) is 0 Å². The van der Waals surface area contributed by atoms with Gasteiger partial charge in [0.15, 0.2) is 23.0 Å². The maximum Gasteiger partial charge on any atom is 0.229 e. The fourth-order valence-corrected chi connectivity index (χ4v) is 5.24. The van der Waals surface area contributed by atoms with E-state index in [0.717, 1.165) is 16.3 Å². The van der Waals surface area contributed by atoms with Crippen LogP contribution >= 0.6 is 0 Å². The molecule has 6 rings (SSSR count). The van der Waals surface area contributed by atoms with E-state index in [1.807, 2.05) is 42.5 Å². The van der Waals surface area contributed by atoms with Gasteiger partial charge in [0.05, 0.1) is 26.9 Å². The van der Waals surface area contributed by atoms with Crippen molar-refractivity contribution in [3.05, 3.63) is 106 Å². The van der Waals surface area contributed by atoms with E-state index in [1.165, 1.54) is 0 Å². The van der Waals surface area contributed by atoms with Gasteiger partial charge in [-0.2, -0.15) is 0 Å². The second kappa shape index (κ2) is 8.27. The third-order valence-corrected chi connectivity index (χ3v) is 6.88. The predicted octanol–water partition coefficient (Wildman–Crippen LogP) is 5.72. The summed E-state index contributed by atoms with van der Waals surface area (Å²) in [6, 6.07) is 22.1. The standard InChI is InChI=1S/C30H22O6/c1-33-22-15-24(35-3)23(34-2)14-20(22)26-25-17-9-5-4-8-16(17)12-13-21(25)36-30-27(26)28(31)18-10-6-7-11-19(18)29(30)32/h4-15,26H,1-3H3. The summed E-state index contributed by atoms with van der Waals surface area (Å²) < 4.78 is 23.1. The predicted molar refractivity (Wildman–Crippen MR) is 135 cm³/mol. The maximum atomic E-state index is 14.0. The zero-order valence-electron chi connectivity index (χ0n) is 20.0. The van der Waals surface area contributed by atoms with Crippen molar-refractivity contribution in [2.45, 2.75) is 5.92 Å². The van der Waals surface area contributed by atoms with E-state index >= 15 is 0 Å². The Kier molecular flexibility index (Phi) is 5.04. The number of fused-ring (bicyclic) bond motifs is 4. The summed E-state index contributed by atoms with van der Waals surface area (Å²) in [7, 11) is 4.67. The molecule has 6 heteroatoms. The third kappa shape index (κ3) is 3.04. The molecular weight excluding hydrogens is 456 g/mol. The van der Waals surface area contributed by atoms with E-state index in [2.05, 4.69) is 0 Å². The molecule has 36 heavy (non-hydrogen) atoms. The molecule has 0 bridgehead atoms. The van der Waals surface area contributed by atoms with Gasteiger partial charge >= 0.3 is 0 Å². The van der Waals surface area contributed by atoms with Crippen molar-refractivity contribution < 1.29 is 28.5 Å². The zero-order chi connectivity index (χ0) is 25.0. The van der Waals surface area contributed by atoms with Gasteiger partial charge in [-0.1, -0.05) is 54.6 Å². The van der Waals surface area contributed by atoms with Crippen molar-refractivity contribution in [2.24, 2.45) is 0 Å². The van der Waals surface area contributed by atoms with E-state index in [-0.39, 0.29) is 22.9 Å². The van der Waals surface area contributed by atoms with E-state index in [1.54, 1.807) is 51.7 Å². The Morgan fingerprint density at radius 2 is 1.33 bits per heavy atom. The van der Waals surface area contributed by atoms with E-state index in [0.29, 0.717) is 39.7 Å². The molecule has 1 aliphatic carbocycles. The van der Waals surface area contributed by atoms with Gasteiger partial charge in [-0.15, -0.1) is 0 Å². The Hall–Kier alpha value is -4.58. The fourth-order valence-electron chi connectivity index (χ4n) is 5.24. The summed E-state index contributed by atoms with van der Waals surface area (Å²) in [5.74, 6) is 0.841. The van der Waals surface area contributed by atoms with Crippen molar-refractivity contribution in [1.82, 2.24) is 0 Å². The number of ether oxygens (including phenoxy) is 4. The minimum atomic E-state index is -0.644. The highest BCUT2D eigenvalue weighted by atomic mass is 16.5. The molecule has 1 heterocycles. The molecule has 178 valence electrons. The van der Waals surface area contributed by atoms with Crippen molar-refractivity contribution in [2.75, 3.05) is 21.3 Å². The quantitative estimate of drug-likeness (QED) is 0.373. The normalized spacial score (nSPS) is 16.1. The topological polar surface area (TPSA) is 71.1 Å². The Labute approximate surface area is 207 Å². The molecule has 4 aromatic carbocycles. The molecule has 0 saturated carbocycles. The van der Waals surface area contributed by atoms with E-state index in [9.17, 15) is 9.59 Å². The molecular formula is C30H22O6. The van der Waals surface area contributed by atoms with Gasteiger partial charge in [0.2, 0.25) is 5.78 Å². The second-order valence-corrected chi connectivity index (χ2v) is 8.63. The molecule has 0 fully saturated rings. The minimum absolute atomic E-state index is 0.0447. The number of Topliss-reactive ketones (excluding diaryl/α,β-unsaturated/α-hetero) is 2. The number of hydrogen-bond donors (Lipinski definition) is 0. The van der Waals surface area contributed by atoms with Gasteiger partial charge in [0.1, 0.15) is 11.5 Å². The highest BCUT2D eigenvalue weighted by Gasteiger charge is 2.44. The summed E-state index contributed by atoms with van der Waals surface area (Å²) in [6.07, 6.45) is 0. The smallest absolute Gasteiger partial charge is 0.229 e. The summed E-state index contributed by atoms with van der Waals surface area (Å²) in [5, 5.41) is 1.91. The largest absolute Gasteiger partial charge is 0.496 e. The lowest BCUT2D eigenvalue weighted by molar-refractivity contribution is 0.0927. The van der Waals surface area contributed by atoms with Crippen LogP contribution in [0.5, 0.6) is 23.0 Å². The average Bonchev–Trinajstić information content (AvgIpc) is 2.93. The number of ketones is 2. The van der Waals surface area contributed by atoms with E-state index in [4.69, 9.17) is 18.9 Å². The van der Waals surface area contributed by atoms with Gasteiger partial charge < -0.3 is 18.9 Å². The Morgan fingerprint density at radius 3 is 2.06 bits per heavy atom. The molecule has 2 aliphatic rings. The molecule has 4 aromatic rings. The van der Waals surface area contributed by atoms with Crippen LogP contribution in [-0.4, -0.2) is 32.9 Å². The number of rotatable bonds is 4. The first-order chi connectivity index (χ1) is 17.6. The Bertz CT molecular complexity index is 1610. The summed E-state index contributed by atoms with van der Waals surface area (Å²) >= 11 is 0. The monoisotopic (exact) mass is 478 g/mol. The van der Waals surface area contributed by atoms with Gasteiger partial charge in [0.25, 0.3) is 0 Å². The number of hydrogen-bond acceptors (Lipinski definition) is 6. The first-order valence-electron chi connectivity index (χ1n) is 11.5. The van der Waals surface area contributed by atoms with Crippen molar-refractivity contribution in [3.8, 4) is 23.0 Å². The van der Waals surface area contributed by atoms with Gasteiger partial charge in [0, 0.05) is 34.2 Å². The number of allylic oxidation sites excluding steroid dienone is 2. The lowest BCUT2D eigenvalue weighted by atomic mass is 9.73. The lowest BCUT2D eigenvalue weighted by Crippen LogP contribution is -2.31. The van der Waals surface area contributed by atoms with Crippen LogP contribution in [-0.2, 0) is 0 Å². The molecule has 0 saturated heterocycles. The molecule has 0 radical (unpaired) electrons. The van der Waals surface area contributed by atoms with Gasteiger partial charge in [-0.3, -0.25) is 9.59 Å². The maximum absolute atomic E-state index is 14.0. The fraction of sp³-hybridized carbons (Fsp3) is 0.133. The first-order valence-corrected chi connectivity index (χ1v) is 11.5. The number of benzene rings is 4. The van der Waals surface area contributed by atoms with Crippen molar-refractivity contribution >= 4 is 22.3 Å². The highest BCUT2D eigenvalue weighted by molar-refractivity contribution is 6.27. The van der Waals surface area contributed by atoms with Gasteiger partial charge in [-0.05, 0) is 22.9 Å². The van der Waals surface area contributed by atoms with E-state index < -0.39 is 5.92 Å². The third-order valence-electron chi connectivity index (χ3n) is 6.88. The van der Waals surface area contributed by atoms with Crippen molar-refractivity contribution in [3.63, 3.8) is 0 Å². The van der Waals surface area contributed by atoms with Crippen LogP contribution in [0.3, 0.4) is 0 Å². The summed E-state index contributed by atoms with van der Waals surface area (Å²) in [4.78, 5) is 27.6. The van der Waals surface area contributed by atoms with Crippen LogP contribution in [0.4, 0.5) is 0 Å². The van der Waals surface area contributed by atoms with Crippen LogP contribution in [0.1, 0.15) is 37.8 Å². The molecule has 1 atom stereocenters. The molecule has 0 N–H and O–H groups in total.